The van der Waals surface area contributed by atoms with Crippen LogP contribution in [-0.4, -0.2) is 10.1 Å². The highest BCUT2D eigenvalue weighted by molar-refractivity contribution is 7.12. The molecule has 0 fully saturated rings. The van der Waals surface area contributed by atoms with Gasteiger partial charge in [-0.25, -0.2) is 4.98 Å². The monoisotopic (exact) mass is 301 g/mol. The van der Waals surface area contributed by atoms with Crippen LogP contribution in [0, 0.1) is 0 Å². The quantitative estimate of drug-likeness (QED) is 0.894. The van der Waals surface area contributed by atoms with Crippen LogP contribution >= 0.6 is 11.3 Å². The maximum Gasteiger partial charge on any atom is 0.104 e. The molecule has 0 saturated heterocycles. The summed E-state index contributed by atoms with van der Waals surface area (Å²) in [5.74, 6) is 0. The highest BCUT2D eigenvalue weighted by atomic mass is 32.1. The van der Waals surface area contributed by atoms with Gasteiger partial charge in [0.2, 0.25) is 0 Å². The third-order valence-corrected chi connectivity index (χ3v) is 6.27. The van der Waals surface area contributed by atoms with Crippen molar-refractivity contribution in [1.29, 1.82) is 0 Å². The molecule has 2 aromatic rings. The molecule has 0 amide bonds. The second-order valence-corrected chi connectivity index (χ2v) is 6.92. The van der Waals surface area contributed by atoms with Gasteiger partial charge in [-0.3, -0.25) is 0 Å². The number of aryl methyl sites for hydroxylation is 1. The predicted octanol–water partition coefficient (Wildman–Crippen LogP) is 4.62. The molecule has 1 aliphatic carbocycles. The molecule has 1 aromatic carbocycles. The minimum atomic E-state index is -0.304. The SMILES string of the molecule is CCC(CC)(c1ccccc1)c1nc2c(s1)C(O)CCC2. The Labute approximate surface area is 130 Å². The summed E-state index contributed by atoms with van der Waals surface area (Å²) < 4.78 is 0. The predicted molar refractivity (Wildman–Crippen MR) is 87.8 cm³/mol. The standard InChI is InChI=1S/C18H23NOS/c1-3-18(4-2,13-9-6-5-7-10-13)17-19-14-11-8-12-15(20)16(14)21-17/h5-7,9-10,15,20H,3-4,8,11-12H2,1-2H3. The van der Waals surface area contributed by atoms with E-state index in [0.29, 0.717) is 0 Å². The number of aliphatic hydroxyl groups is 1. The molecule has 1 heterocycles. The molecule has 21 heavy (non-hydrogen) atoms. The molecule has 1 unspecified atom stereocenters. The van der Waals surface area contributed by atoms with Crippen molar-refractivity contribution in [3.05, 3.63) is 51.5 Å². The number of fused-ring (bicyclic) bond motifs is 1. The molecule has 0 saturated carbocycles. The number of nitrogens with zero attached hydrogens (tertiary/aromatic N) is 1. The molecule has 1 N–H and O–H groups in total. The fourth-order valence-corrected chi connectivity index (χ4v) is 4.93. The zero-order chi connectivity index (χ0) is 14.9. The van der Waals surface area contributed by atoms with Crippen LogP contribution in [0.1, 0.15) is 66.8 Å². The van der Waals surface area contributed by atoms with E-state index in [4.69, 9.17) is 4.98 Å². The van der Waals surface area contributed by atoms with E-state index in [1.807, 2.05) is 0 Å². The van der Waals surface area contributed by atoms with E-state index in [0.717, 1.165) is 42.7 Å². The largest absolute Gasteiger partial charge is 0.388 e. The summed E-state index contributed by atoms with van der Waals surface area (Å²) >= 11 is 1.73. The lowest BCUT2D eigenvalue weighted by Gasteiger charge is -2.30. The molecular weight excluding hydrogens is 278 g/mol. The summed E-state index contributed by atoms with van der Waals surface area (Å²) in [6.07, 6.45) is 4.72. The van der Waals surface area contributed by atoms with Gasteiger partial charge in [0.1, 0.15) is 5.01 Å². The topological polar surface area (TPSA) is 33.1 Å². The van der Waals surface area contributed by atoms with E-state index < -0.39 is 0 Å². The molecule has 1 aromatic heterocycles. The Kier molecular flexibility index (Phi) is 4.14. The maximum atomic E-state index is 10.2. The molecular formula is C18H23NOS. The van der Waals surface area contributed by atoms with Gasteiger partial charge < -0.3 is 5.11 Å². The number of rotatable bonds is 4. The van der Waals surface area contributed by atoms with Gasteiger partial charge in [0.05, 0.1) is 16.7 Å². The smallest absolute Gasteiger partial charge is 0.104 e. The Balaban J connectivity index is 2.10. The van der Waals surface area contributed by atoms with Crippen LogP contribution in [0.5, 0.6) is 0 Å². The Morgan fingerprint density at radius 1 is 1.24 bits per heavy atom. The molecule has 0 spiro atoms. The van der Waals surface area contributed by atoms with Crippen LogP contribution in [0.25, 0.3) is 0 Å². The van der Waals surface area contributed by atoms with Crippen molar-refractivity contribution >= 4 is 11.3 Å². The van der Waals surface area contributed by atoms with Crippen LogP contribution in [0.3, 0.4) is 0 Å². The van der Waals surface area contributed by atoms with Crippen LogP contribution < -0.4 is 0 Å². The van der Waals surface area contributed by atoms with Crippen molar-refractivity contribution in [2.24, 2.45) is 0 Å². The van der Waals surface area contributed by atoms with E-state index in [-0.39, 0.29) is 11.5 Å². The third-order valence-electron chi connectivity index (χ3n) is 4.86. The Hall–Kier alpha value is -1.19. The normalized spacial score (nSPS) is 18.5. The fourth-order valence-electron chi connectivity index (χ4n) is 3.44. The molecule has 3 heteroatoms. The van der Waals surface area contributed by atoms with Crippen LogP contribution in [0.15, 0.2) is 30.3 Å². The Morgan fingerprint density at radius 2 is 1.95 bits per heavy atom. The number of aromatic nitrogens is 1. The minimum absolute atomic E-state index is 0.0109. The molecule has 0 aliphatic heterocycles. The van der Waals surface area contributed by atoms with Gasteiger partial charge in [0, 0.05) is 5.41 Å². The van der Waals surface area contributed by atoms with Gasteiger partial charge in [-0.15, -0.1) is 11.3 Å². The van der Waals surface area contributed by atoms with E-state index in [1.54, 1.807) is 11.3 Å². The van der Waals surface area contributed by atoms with Crippen molar-refractivity contribution in [3.8, 4) is 0 Å². The van der Waals surface area contributed by atoms with E-state index >= 15 is 0 Å². The number of benzene rings is 1. The van der Waals surface area contributed by atoms with Gasteiger partial charge in [-0.2, -0.15) is 0 Å². The van der Waals surface area contributed by atoms with Crippen LogP contribution in [0.4, 0.5) is 0 Å². The van der Waals surface area contributed by atoms with E-state index in [2.05, 4.69) is 44.2 Å². The molecule has 0 radical (unpaired) electrons. The lowest BCUT2D eigenvalue weighted by molar-refractivity contribution is 0.160. The van der Waals surface area contributed by atoms with E-state index in [1.165, 1.54) is 10.6 Å². The molecule has 1 aliphatic rings. The number of hydrogen-bond acceptors (Lipinski definition) is 3. The van der Waals surface area contributed by atoms with Gasteiger partial charge in [-0.05, 0) is 37.7 Å². The molecule has 1 atom stereocenters. The molecule has 0 bridgehead atoms. The lowest BCUT2D eigenvalue weighted by Crippen LogP contribution is -2.25. The first-order valence-electron chi connectivity index (χ1n) is 7.95. The Morgan fingerprint density at radius 3 is 2.57 bits per heavy atom. The molecule has 2 nitrogen and oxygen atoms in total. The summed E-state index contributed by atoms with van der Waals surface area (Å²) in [4.78, 5) is 6.06. The average molecular weight is 301 g/mol. The summed E-state index contributed by atoms with van der Waals surface area (Å²) in [5, 5.41) is 11.4. The highest BCUT2D eigenvalue weighted by Gasteiger charge is 2.36. The van der Waals surface area contributed by atoms with Gasteiger partial charge in [0.15, 0.2) is 0 Å². The first-order valence-corrected chi connectivity index (χ1v) is 8.76. The first-order chi connectivity index (χ1) is 10.2. The van der Waals surface area contributed by atoms with Gasteiger partial charge >= 0.3 is 0 Å². The second-order valence-electron chi connectivity index (χ2n) is 5.89. The lowest BCUT2D eigenvalue weighted by atomic mass is 9.76. The maximum absolute atomic E-state index is 10.2. The number of hydrogen-bond donors (Lipinski definition) is 1. The highest BCUT2D eigenvalue weighted by Crippen LogP contribution is 2.44. The number of aliphatic hydroxyl groups excluding tert-OH is 1. The molecule has 3 rings (SSSR count). The minimum Gasteiger partial charge on any atom is -0.388 e. The second kappa shape index (κ2) is 5.90. The zero-order valence-electron chi connectivity index (χ0n) is 12.8. The van der Waals surface area contributed by atoms with E-state index in [9.17, 15) is 5.11 Å². The molecule has 112 valence electrons. The summed E-state index contributed by atoms with van der Waals surface area (Å²) in [6, 6.07) is 10.7. The van der Waals surface area contributed by atoms with Crippen molar-refractivity contribution in [2.45, 2.75) is 57.5 Å². The van der Waals surface area contributed by atoms with Gasteiger partial charge in [-0.1, -0.05) is 44.2 Å². The van der Waals surface area contributed by atoms with Crippen LogP contribution in [0.2, 0.25) is 0 Å². The number of thiazole rings is 1. The van der Waals surface area contributed by atoms with Crippen molar-refractivity contribution in [2.75, 3.05) is 0 Å². The third kappa shape index (κ3) is 2.43. The summed E-state index contributed by atoms with van der Waals surface area (Å²) in [7, 11) is 0. The average Bonchev–Trinajstić information content (AvgIpc) is 2.96. The summed E-state index contributed by atoms with van der Waals surface area (Å²) in [6.45, 7) is 4.49. The van der Waals surface area contributed by atoms with Gasteiger partial charge in [0.25, 0.3) is 0 Å². The first kappa shape index (κ1) is 14.7. The van der Waals surface area contributed by atoms with Crippen LogP contribution in [-0.2, 0) is 11.8 Å². The fraction of sp³-hybridized carbons (Fsp3) is 0.500. The Bertz CT molecular complexity index is 601. The zero-order valence-corrected chi connectivity index (χ0v) is 13.6. The van der Waals surface area contributed by atoms with Crippen molar-refractivity contribution in [1.82, 2.24) is 4.98 Å². The van der Waals surface area contributed by atoms with Crippen molar-refractivity contribution in [3.63, 3.8) is 0 Å². The summed E-state index contributed by atoms with van der Waals surface area (Å²) in [5.41, 5.74) is 2.47. The van der Waals surface area contributed by atoms with Crippen molar-refractivity contribution < 1.29 is 5.11 Å².